The van der Waals surface area contributed by atoms with Crippen LogP contribution < -0.4 is 10.2 Å². The second kappa shape index (κ2) is 7.14. The number of rotatable bonds is 3. The molecule has 2 heterocycles. The summed E-state index contributed by atoms with van der Waals surface area (Å²) in [5.41, 5.74) is 1.99. The van der Waals surface area contributed by atoms with Crippen molar-refractivity contribution in [3.63, 3.8) is 0 Å². The molecule has 1 atom stereocenters. The first-order valence-electron chi connectivity index (χ1n) is 8.67. The first-order chi connectivity index (χ1) is 10.8. The van der Waals surface area contributed by atoms with Gasteiger partial charge in [-0.1, -0.05) is 19.1 Å². The standard InChI is InChI=1S/C18H27N3O/c1-2-15-7-5-6-12-21(15)18(22)16-8-3-4-9-17(16)20-13-10-19-11-14-20/h3-4,8-9,15,19H,2,5-7,10-14H2,1H3. The van der Waals surface area contributed by atoms with Gasteiger partial charge in [-0.25, -0.2) is 0 Å². The van der Waals surface area contributed by atoms with E-state index in [9.17, 15) is 4.79 Å². The lowest BCUT2D eigenvalue weighted by Gasteiger charge is -2.37. The summed E-state index contributed by atoms with van der Waals surface area (Å²) in [6.07, 6.45) is 4.60. The monoisotopic (exact) mass is 301 g/mol. The van der Waals surface area contributed by atoms with Crippen LogP contribution in [0.4, 0.5) is 5.69 Å². The number of carbonyl (C=O) groups is 1. The molecule has 0 bridgehead atoms. The molecule has 22 heavy (non-hydrogen) atoms. The van der Waals surface area contributed by atoms with Gasteiger partial charge in [0.25, 0.3) is 5.91 Å². The van der Waals surface area contributed by atoms with E-state index in [-0.39, 0.29) is 5.91 Å². The molecule has 1 aromatic carbocycles. The zero-order valence-corrected chi connectivity index (χ0v) is 13.6. The summed E-state index contributed by atoms with van der Waals surface area (Å²) in [5, 5.41) is 3.38. The van der Waals surface area contributed by atoms with Crippen molar-refractivity contribution >= 4 is 11.6 Å². The van der Waals surface area contributed by atoms with E-state index in [0.717, 1.165) is 63.2 Å². The van der Waals surface area contributed by atoms with Gasteiger partial charge in [-0.2, -0.15) is 0 Å². The van der Waals surface area contributed by atoms with Crippen LogP contribution in [-0.4, -0.2) is 49.6 Å². The van der Waals surface area contributed by atoms with Gasteiger partial charge in [0.1, 0.15) is 0 Å². The Morgan fingerprint density at radius 1 is 1.18 bits per heavy atom. The molecule has 0 aromatic heterocycles. The molecular formula is C18H27N3O. The Morgan fingerprint density at radius 2 is 1.95 bits per heavy atom. The highest BCUT2D eigenvalue weighted by molar-refractivity contribution is 6.00. The molecule has 1 N–H and O–H groups in total. The smallest absolute Gasteiger partial charge is 0.256 e. The van der Waals surface area contributed by atoms with Gasteiger partial charge in [-0.05, 0) is 37.8 Å². The molecule has 1 aromatic rings. The first kappa shape index (κ1) is 15.3. The van der Waals surface area contributed by atoms with Gasteiger partial charge in [0.05, 0.1) is 5.56 Å². The van der Waals surface area contributed by atoms with Crippen LogP contribution in [0.15, 0.2) is 24.3 Å². The second-order valence-corrected chi connectivity index (χ2v) is 6.31. The first-order valence-corrected chi connectivity index (χ1v) is 8.67. The lowest BCUT2D eigenvalue weighted by Crippen LogP contribution is -2.46. The van der Waals surface area contributed by atoms with Crippen LogP contribution in [0.1, 0.15) is 43.0 Å². The maximum atomic E-state index is 13.1. The number of amides is 1. The largest absolute Gasteiger partial charge is 0.368 e. The lowest BCUT2D eigenvalue weighted by molar-refractivity contribution is 0.0608. The Kier molecular flexibility index (Phi) is 4.98. The molecule has 0 spiro atoms. The molecular weight excluding hydrogens is 274 g/mol. The topological polar surface area (TPSA) is 35.6 Å². The zero-order valence-electron chi connectivity index (χ0n) is 13.6. The van der Waals surface area contributed by atoms with Gasteiger partial charge in [0.2, 0.25) is 0 Å². The van der Waals surface area contributed by atoms with Crippen molar-refractivity contribution in [3.8, 4) is 0 Å². The number of hydrogen-bond acceptors (Lipinski definition) is 3. The van der Waals surface area contributed by atoms with Crippen LogP contribution in [-0.2, 0) is 0 Å². The molecule has 3 rings (SSSR count). The van der Waals surface area contributed by atoms with Crippen LogP contribution in [0, 0.1) is 0 Å². The molecule has 120 valence electrons. The summed E-state index contributed by atoms with van der Waals surface area (Å²) >= 11 is 0. The van der Waals surface area contributed by atoms with Crippen molar-refractivity contribution in [2.45, 2.75) is 38.6 Å². The van der Waals surface area contributed by atoms with Crippen molar-refractivity contribution < 1.29 is 4.79 Å². The highest BCUT2D eigenvalue weighted by Crippen LogP contribution is 2.27. The average molecular weight is 301 g/mol. The number of nitrogens with zero attached hydrogens (tertiary/aromatic N) is 2. The van der Waals surface area contributed by atoms with Crippen molar-refractivity contribution in [3.05, 3.63) is 29.8 Å². The van der Waals surface area contributed by atoms with E-state index in [1.807, 2.05) is 18.2 Å². The van der Waals surface area contributed by atoms with E-state index in [4.69, 9.17) is 0 Å². The van der Waals surface area contributed by atoms with Crippen molar-refractivity contribution in [2.75, 3.05) is 37.6 Å². The molecule has 0 saturated carbocycles. The minimum Gasteiger partial charge on any atom is -0.368 e. The molecule has 2 fully saturated rings. The summed E-state index contributed by atoms with van der Waals surface area (Å²) in [5.74, 6) is 0.223. The van der Waals surface area contributed by atoms with Gasteiger partial charge in [0, 0.05) is 44.5 Å². The fraction of sp³-hybridized carbons (Fsp3) is 0.611. The quantitative estimate of drug-likeness (QED) is 0.932. The highest BCUT2D eigenvalue weighted by Gasteiger charge is 2.28. The summed E-state index contributed by atoms with van der Waals surface area (Å²) in [6.45, 7) is 7.03. The molecule has 0 aliphatic carbocycles. The summed E-state index contributed by atoms with van der Waals surface area (Å²) in [6, 6.07) is 8.55. The SMILES string of the molecule is CCC1CCCCN1C(=O)c1ccccc1N1CCNCC1. The molecule has 4 heteroatoms. The number of para-hydroxylation sites is 1. The number of hydrogen-bond donors (Lipinski definition) is 1. The molecule has 4 nitrogen and oxygen atoms in total. The van der Waals surface area contributed by atoms with E-state index >= 15 is 0 Å². The van der Waals surface area contributed by atoms with Crippen molar-refractivity contribution in [2.24, 2.45) is 0 Å². The van der Waals surface area contributed by atoms with Gasteiger partial charge >= 0.3 is 0 Å². The van der Waals surface area contributed by atoms with E-state index in [0.29, 0.717) is 6.04 Å². The van der Waals surface area contributed by atoms with Crippen LogP contribution >= 0.6 is 0 Å². The average Bonchev–Trinajstić information content (AvgIpc) is 2.62. The highest BCUT2D eigenvalue weighted by atomic mass is 16.2. The Hall–Kier alpha value is -1.55. The predicted octanol–water partition coefficient (Wildman–Crippen LogP) is 2.50. The van der Waals surface area contributed by atoms with Gasteiger partial charge < -0.3 is 15.1 Å². The lowest BCUT2D eigenvalue weighted by atomic mass is 9.98. The van der Waals surface area contributed by atoms with Gasteiger partial charge in [-0.3, -0.25) is 4.79 Å². The number of likely N-dealkylation sites (tertiary alicyclic amines) is 1. The van der Waals surface area contributed by atoms with Crippen LogP contribution in [0.25, 0.3) is 0 Å². The number of benzene rings is 1. The van der Waals surface area contributed by atoms with Crippen LogP contribution in [0.3, 0.4) is 0 Å². The second-order valence-electron chi connectivity index (χ2n) is 6.31. The summed E-state index contributed by atoms with van der Waals surface area (Å²) < 4.78 is 0. The third-order valence-corrected chi connectivity index (χ3v) is 4.95. The Bertz CT molecular complexity index is 511. The predicted molar refractivity (Wildman–Crippen MR) is 90.5 cm³/mol. The third kappa shape index (κ3) is 3.12. The van der Waals surface area contributed by atoms with Crippen molar-refractivity contribution in [1.82, 2.24) is 10.2 Å². The van der Waals surface area contributed by atoms with Crippen molar-refractivity contribution in [1.29, 1.82) is 0 Å². The Morgan fingerprint density at radius 3 is 2.73 bits per heavy atom. The minimum atomic E-state index is 0.223. The normalized spacial score (nSPS) is 22.7. The Labute approximate surface area is 133 Å². The molecule has 2 saturated heterocycles. The molecule has 2 aliphatic heterocycles. The molecule has 1 amide bonds. The molecule has 1 unspecified atom stereocenters. The number of piperazine rings is 1. The Balaban J connectivity index is 1.85. The number of nitrogens with one attached hydrogen (secondary N) is 1. The van der Waals surface area contributed by atoms with Crippen LogP contribution in [0.2, 0.25) is 0 Å². The fourth-order valence-electron chi connectivity index (χ4n) is 3.68. The van der Waals surface area contributed by atoms with E-state index < -0.39 is 0 Å². The summed E-state index contributed by atoms with van der Waals surface area (Å²) in [7, 11) is 0. The third-order valence-electron chi connectivity index (χ3n) is 4.95. The minimum absolute atomic E-state index is 0.223. The van der Waals surface area contributed by atoms with Gasteiger partial charge in [-0.15, -0.1) is 0 Å². The summed E-state index contributed by atoms with van der Waals surface area (Å²) in [4.78, 5) is 17.6. The van der Waals surface area contributed by atoms with Crippen LogP contribution in [0.5, 0.6) is 0 Å². The van der Waals surface area contributed by atoms with Gasteiger partial charge in [0.15, 0.2) is 0 Å². The molecule has 0 radical (unpaired) electrons. The van der Waals surface area contributed by atoms with E-state index in [1.165, 1.54) is 6.42 Å². The number of piperidine rings is 1. The molecule has 2 aliphatic rings. The number of anilines is 1. The fourth-order valence-corrected chi connectivity index (χ4v) is 3.68. The number of carbonyl (C=O) groups excluding carboxylic acids is 1. The maximum absolute atomic E-state index is 13.1. The zero-order chi connectivity index (χ0) is 15.4. The maximum Gasteiger partial charge on any atom is 0.256 e. The van der Waals surface area contributed by atoms with E-state index in [1.54, 1.807) is 0 Å². The van der Waals surface area contributed by atoms with E-state index in [2.05, 4.69) is 28.1 Å².